The molecule has 0 spiro atoms. The summed E-state index contributed by atoms with van der Waals surface area (Å²) in [5.74, 6) is 0.508. The Morgan fingerprint density at radius 1 is 1.40 bits per heavy atom. The van der Waals surface area contributed by atoms with Crippen LogP contribution in [0.5, 0.6) is 0 Å². The summed E-state index contributed by atoms with van der Waals surface area (Å²) in [6, 6.07) is 6.18. The molecule has 0 aliphatic carbocycles. The maximum Gasteiger partial charge on any atom is 0.240 e. The Morgan fingerprint density at radius 2 is 2.20 bits per heavy atom. The number of hydrogen-bond donors (Lipinski definition) is 1. The Hall–Kier alpha value is -2.17. The van der Waals surface area contributed by atoms with Crippen LogP contribution in [-0.4, -0.2) is 21.2 Å². The van der Waals surface area contributed by atoms with Crippen molar-refractivity contribution < 1.29 is 4.79 Å². The summed E-state index contributed by atoms with van der Waals surface area (Å²) in [5, 5.41) is 8.77. The van der Waals surface area contributed by atoms with Gasteiger partial charge < -0.3 is 0 Å². The van der Waals surface area contributed by atoms with Crippen molar-refractivity contribution in [1.29, 1.82) is 0 Å². The van der Waals surface area contributed by atoms with Crippen molar-refractivity contribution in [2.45, 2.75) is 33.1 Å². The highest BCUT2D eigenvalue weighted by Gasteiger charge is 2.22. The van der Waals surface area contributed by atoms with Crippen molar-refractivity contribution in [3.63, 3.8) is 0 Å². The second kappa shape index (κ2) is 4.74. The Balaban J connectivity index is 2.02. The molecule has 2 aromatic heterocycles. The van der Waals surface area contributed by atoms with Crippen LogP contribution in [0.2, 0.25) is 0 Å². The normalized spacial score (nSPS) is 19.3. The van der Waals surface area contributed by atoms with E-state index in [0.717, 1.165) is 22.5 Å². The van der Waals surface area contributed by atoms with Gasteiger partial charge in [0, 0.05) is 24.1 Å². The molecular formula is C15H18N4O. The molecule has 1 aliphatic rings. The van der Waals surface area contributed by atoms with Crippen molar-refractivity contribution in [1.82, 2.24) is 15.0 Å². The summed E-state index contributed by atoms with van der Waals surface area (Å²) >= 11 is 0. The van der Waals surface area contributed by atoms with Gasteiger partial charge >= 0.3 is 0 Å². The van der Waals surface area contributed by atoms with E-state index in [4.69, 9.17) is 0 Å². The quantitative estimate of drug-likeness (QED) is 0.910. The molecule has 0 bridgehead atoms. The van der Waals surface area contributed by atoms with E-state index >= 15 is 0 Å². The number of nitrogens with zero attached hydrogens (tertiary/aromatic N) is 3. The molecule has 5 heteroatoms. The van der Waals surface area contributed by atoms with Gasteiger partial charge in [-0.05, 0) is 24.1 Å². The van der Waals surface area contributed by atoms with Gasteiger partial charge in [0.25, 0.3) is 0 Å². The fourth-order valence-electron chi connectivity index (χ4n) is 2.44. The van der Waals surface area contributed by atoms with Crippen LogP contribution >= 0.6 is 0 Å². The molecule has 20 heavy (non-hydrogen) atoms. The average Bonchev–Trinajstić information content (AvgIpc) is 2.81. The highest BCUT2D eigenvalue weighted by atomic mass is 16.2. The monoisotopic (exact) mass is 270 g/mol. The maximum absolute atomic E-state index is 11.3. The molecule has 1 N–H and O–H groups in total. The molecular weight excluding hydrogens is 252 g/mol. The fraction of sp³-hybridized carbons (Fsp3) is 0.400. The fourth-order valence-corrected chi connectivity index (χ4v) is 2.44. The van der Waals surface area contributed by atoms with Gasteiger partial charge in [-0.15, -0.1) is 0 Å². The minimum Gasteiger partial charge on any atom is -0.273 e. The van der Waals surface area contributed by atoms with Crippen molar-refractivity contribution in [3.8, 4) is 0 Å². The van der Waals surface area contributed by atoms with Crippen molar-refractivity contribution in [2.24, 2.45) is 11.0 Å². The highest BCUT2D eigenvalue weighted by molar-refractivity contribution is 6.05. The summed E-state index contributed by atoms with van der Waals surface area (Å²) in [6.45, 7) is 6.28. The predicted molar refractivity (Wildman–Crippen MR) is 77.7 cm³/mol. The number of rotatable bonds is 2. The molecule has 0 fully saturated rings. The molecule has 1 atom stereocenters. The molecule has 3 rings (SSSR count). The first-order valence-corrected chi connectivity index (χ1v) is 6.90. The smallest absolute Gasteiger partial charge is 0.240 e. The molecule has 0 saturated heterocycles. The second-order valence-electron chi connectivity index (χ2n) is 5.65. The summed E-state index contributed by atoms with van der Waals surface area (Å²) in [5.41, 5.74) is 6.62. The van der Waals surface area contributed by atoms with Crippen molar-refractivity contribution in [2.75, 3.05) is 0 Å². The zero-order valence-corrected chi connectivity index (χ0v) is 11.9. The van der Waals surface area contributed by atoms with Crippen LogP contribution in [0.1, 0.15) is 44.4 Å². The maximum atomic E-state index is 11.3. The number of aromatic nitrogens is 2. The van der Waals surface area contributed by atoms with Crippen molar-refractivity contribution in [3.05, 3.63) is 35.7 Å². The summed E-state index contributed by atoms with van der Waals surface area (Å²) in [7, 11) is 0. The zero-order valence-electron chi connectivity index (χ0n) is 11.9. The Morgan fingerprint density at radius 3 is 2.90 bits per heavy atom. The minimum atomic E-state index is -0.0245. The van der Waals surface area contributed by atoms with Gasteiger partial charge in [-0.1, -0.05) is 20.8 Å². The SMILES string of the molecule is CC1CC(=O)NN=C1c1ccc2cc(C(C)C)nn2c1. The first kappa shape index (κ1) is 12.8. The molecule has 0 aromatic carbocycles. The molecule has 1 amide bonds. The first-order chi connectivity index (χ1) is 9.54. The lowest BCUT2D eigenvalue weighted by Crippen LogP contribution is -2.32. The molecule has 1 unspecified atom stereocenters. The van der Waals surface area contributed by atoms with E-state index in [1.165, 1.54) is 0 Å². The van der Waals surface area contributed by atoms with E-state index in [1.54, 1.807) is 0 Å². The number of nitrogens with one attached hydrogen (secondary N) is 1. The van der Waals surface area contributed by atoms with Crippen LogP contribution < -0.4 is 5.43 Å². The lowest BCUT2D eigenvalue weighted by molar-refractivity contribution is -0.121. The molecule has 1 aliphatic heterocycles. The van der Waals surface area contributed by atoms with Gasteiger partial charge in [0.15, 0.2) is 0 Å². The van der Waals surface area contributed by atoms with E-state index < -0.39 is 0 Å². The molecule has 3 heterocycles. The minimum absolute atomic E-state index is 0.0245. The van der Waals surface area contributed by atoms with Crippen LogP contribution in [0, 0.1) is 5.92 Å². The van der Waals surface area contributed by atoms with Crippen molar-refractivity contribution >= 4 is 17.1 Å². The summed E-state index contributed by atoms with van der Waals surface area (Å²) in [6.07, 6.45) is 2.46. The topological polar surface area (TPSA) is 58.8 Å². The average molecular weight is 270 g/mol. The predicted octanol–water partition coefficient (Wildman–Crippen LogP) is 2.32. The van der Waals surface area contributed by atoms with Crippen LogP contribution in [0.3, 0.4) is 0 Å². The third-order valence-corrected chi connectivity index (χ3v) is 3.63. The molecule has 5 nitrogen and oxygen atoms in total. The summed E-state index contributed by atoms with van der Waals surface area (Å²) < 4.78 is 1.89. The van der Waals surface area contributed by atoms with Crippen LogP contribution in [0.15, 0.2) is 29.5 Å². The molecule has 2 aromatic rings. The van der Waals surface area contributed by atoms with Gasteiger partial charge in [-0.3, -0.25) is 4.79 Å². The van der Waals surface area contributed by atoms with E-state index in [2.05, 4.69) is 35.5 Å². The van der Waals surface area contributed by atoms with E-state index in [1.807, 2.05) is 29.8 Å². The zero-order chi connectivity index (χ0) is 14.3. The molecule has 0 saturated carbocycles. The Labute approximate surface area is 117 Å². The van der Waals surface area contributed by atoms with Gasteiger partial charge in [0.1, 0.15) is 0 Å². The Bertz CT molecular complexity index is 699. The third-order valence-electron chi connectivity index (χ3n) is 3.63. The van der Waals surface area contributed by atoms with Gasteiger partial charge in [0.2, 0.25) is 5.91 Å². The van der Waals surface area contributed by atoms with Crippen LogP contribution in [-0.2, 0) is 4.79 Å². The number of carbonyl (C=O) groups excluding carboxylic acids is 1. The van der Waals surface area contributed by atoms with Crippen LogP contribution in [0.25, 0.3) is 5.52 Å². The number of hydrogen-bond acceptors (Lipinski definition) is 3. The lowest BCUT2D eigenvalue weighted by atomic mass is 9.95. The number of amides is 1. The number of carbonyl (C=O) groups is 1. The van der Waals surface area contributed by atoms with E-state index in [9.17, 15) is 4.79 Å². The second-order valence-corrected chi connectivity index (χ2v) is 5.65. The molecule has 104 valence electrons. The van der Waals surface area contributed by atoms with Crippen LogP contribution in [0.4, 0.5) is 0 Å². The summed E-state index contributed by atoms with van der Waals surface area (Å²) in [4.78, 5) is 11.3. The molecule has 0 radical (unpaired) electrons. The first-order valence-electron chi connectivity index (χ1n) is 6.90. The highest BCUT2D eigenvalue weighted by Crippen LogP contribution is 2.19. The van der Waals surface area contributed by atoms with Gasteiger partial charge in [0.05, 0.1) is 16.9 Å². The Kier molecular flexibility index (Phi) is 3.04. The van der Waals surface area contributed by atoms with E-state index in [-0.39, 0.29) is 11.8 Å². The standard InChI is InChI=1S/C15H18N4O/c1-9(2)13-7-12-5-4-11(8-19(12)18-13)15-10(3)6-14(20)16-17-15/h4-5,7-10H,6H2,1-3H3,(H,16,20). The lowest BCUT2D eigenvalue weighted by Gasteiger charge is -2.19. The third kappa shape index (κ3) is 2.19. The number of pyridine rings is 1. The largest absolute Gasteiger partial charge is 0.273 e. The number of fused-ring (bicyclic) bond motifs is 1. The van der Waals surface area contributed by atoms with E-state index in [0.29, 0.717) is 12.3 Å². The number of hydrazone groups is 1. The van der Waals surface area contributed by atoms with Gasteiger partial charge in [-0.2, -0.15) is 10.2 Å². The van der Waals surface area contributed by atoms with Gasteiger partial charge in [-0.25, -0.2) is 9.94 Å².